The quantitative estimate of drug-likeness (QED) is 0.912. The number of benzene rings is 2. The third-order valence-electron chi connectivity index (χ3n) is 2.52. The molecule has 0 fully saturated rings. The minimum absolute atomic E-state index is 0.254. The highest BCUT2D eigenvalue weighted by Crippen LogP contribution is 2.34. The summed E-state index contributed by atoms with van der Waals surface area (Å²) < 4.78 is 6.40. The molecule has 0 aliphatic heterocycles. The molecule has 2 aromatic carbocycles. The summed E-state index contributed by atoms with van der Waals surface area (Å²) in [5, 5.41) is 9.83. The lowest BCUT2D eigenvalue weighted by atomic mass is 10.0. The van der Waals surface area contributed by atoms with Crippen LogP contribution in [0.3, 0.4) is 0 Å². The van der Waals surface area contributed by atoms with Gasteiger partial charge in [-0.05, 0) is 39.7 Å². The zero-order valence-electron chi connectivity index (χ0n) is 9.77. The molecule has 0 aromatic heterocycles. The first kappa shape index (κ1) is 12.9. The number of para-hydroxylation sites is 1. The second kappa shape index (κ2) is 5.89. The Morgan fingerprint density at radius 1 is 1.17 bits per heavy atom. The van der Waals surface area contributed by atoms with E-state index < -0.39 is 0 Å². The third-order valence-corrected chi connectivity index (χ3v) is 3.18. The highest BCUT2D eigenvalue weighted by atomic mass is 79.9. The van der Waals surface area contributed by atoms with Crippen molar-refractivity contribution in [3.8, 4) is 22.6 Å². The largest absolute Gasteiger partial charge is 0.507 e. The molecular formula is C14H14BrNO2. The second-order valence-corrected chi connectivity index (χ2v) is 4.65. The lowest BCUT2D eigenvalue weighted by molar-refractivity contribution is 0.326. The monoisotopic (exact) mass is 307 g/mol. The van der Waals surface area contributed by atoms with Gasteiger partial charge in [0, 0.05) is 12.1 Å². The zero-order chi connectivity index (χ0) is 13.0. The Hall–Kier alpha value is -1.52. The fourth-order valence-corrected chi connectivity index (χ4v) is 2.03. The van der Waals surface area contributed by atoms with Crippen LogP contribution in [0.2, 0.25) is 0 Å². The number of ether oxygens (including phenoxy) is 1. The van der Waals surface area contributed by atoms with E-state index in [-0.39, 0.29) is 5.75 Å². The van der Waals surface area contributed by atoms with E-state index in [2.05, 4.69) is 15.9 Å². The number of phenolic OH excluding ortho intramolecular Hbond substituents is 1. The smallest absolute Gasteiger partial charge is 0.134 e. The number of hydrogen-bond acceptors (Lipinski definition) is 3. The van der Waals surface area contributed by atoms with Crippen molar-refractivity contribution in [1.82, 2.24) is 0 Å². The predicted molar refractivity (Wildman–Crippen MR) is 75.8 cm³/mol. The van der Waals surface area contributed by atoms with E-state index in [1.54, 1.807) is 12.1 Å². The Labute approximate surface area is 114 Å². The van der Waals surface area contributed by atoms with Crippen LogP contribution in [0.15, 0.2) is 46.9 Å². The summed E-state index contributed by atoms with van der Waals surface area (Å²) in [4.78, 5) is 0. The molecule has 0 saturated heterocycles. The summed E-state index contributed by atoms with van der Waals surface area (Å²) in [6.45, 7) is 0.927. The summed E-state index contributed by atoms with van der Waals surface area (Å²) in [7, 11) is 0. The lowest BCUT2D eigenvalue weighted by Gasteiger charge is -2.10. The van der Waals surface area contributed by atoms with E-state index in [0.717, 1.165) is 21.3 Å². The topological polar surface area (TPSA) is 55.5 Å². The maximum atomic E-state index is 9.83. The normalized spacial score (nSPS) is 10.3. The van der Waals surface area contributed by atoms with Crippen molar-refractivity contribution in [2.24, 2.45) is 5.73 Å². The van der Waals surface area contributed by atoms with Crippen molar-refractivity contribution in [3.63, 3.8) is 0 Å². The lowest BCUT2D eigenvalue weighted by Crippen LogP contribution is -2.10. The van der Waals surface area contributed by atoms with Crippen LogP contribution in [0, 0.1) is 0 Å². The van der Waals surface area contributed by atoms with E-state index in [4.69, 9.17) is 10.5 Å². The number of rotatable bonds is 4. The van der Waals surface area contributed by atoms with Crippen LogP contribution in [0.4, 0.5) is 0 Å². The van der Waals surface area contributed by atoms with Crippen LogP contribution < -0.4 is 10.5 Å². The molecule has 0 bridgehead atoms. The van der Waals surface area contributed by atoms with Gasteiger partial charge in [-0.3, -0.25) is 0 Å². The van der Waals surface area contributed by atoms with Crippen LogP contribution in [-0.2, 0) is 0 Å². The highest BCUT2D eigenvalue weighted by molar-refractivity contribution is 9.10. The van der Waals surface area contributed by atoms with E-state index in [1.807, 2.05) is 30.3 Å². The minimum atomic E-state index is 0.254. The van der Waals surface area contributed by atoms with E-state index in [0.29, 0.717) is 13.2 Å². The molecule has 0 aliphatic carbocycles. The molecular weight excluding hydrogens is 294 g/mol. The molecule has 0 spiro atoms. The van der Waals surface area contributed by atoms with Gasteiger partial charge >= 0.3 is 0 Å². The Balaban J connectivity index is 2.38. The summed E-state index contributed by atoms with van der Waals surface area (Å²) in [6, 6.07) is 12.9. The molecule has 0 atom stereocenters. The van der Waals surface area contributed by atoms with Crippen LogP contribution in [0.5, 0.6) is 11.5 Å². The third kappa shape index (κ3) is 2.83. The van der Waals surface area contributed by atoms with E-state index in [9.17, 15) is 5.11 Å². The number of phenols is 1. The number of aromatic hydroxyl groups is 1. The Kier molecular flexibility index (Phi) is 4.23. The number of hydrogen-bond donors (Lipinski definition) is 2. The summed E-state index contributed by atoms with van der Waals surface area (Å²) in [5.41, 5.74) is 7.11. The van der Waals surface area contributed by atoms with Crippen LogP contribution in [0.1, 0.15) is 0 Å². The van der Waals surface area contributed by atoms with Crippen molar-refractivity contribution in [2.45, 2.75) is 0 Å². The first-order chi connectivity index (χ1) is 8.72. The maximum Gasteiger partial charge on any atom is 0.134 e. The molecule has 0 amide bonds. The number of nitrogens with two attached hydrogens (primary N) is 1. The first-order valence-electron chi connectivity index (χ1n) is 5.63. The molecule has 0 radical (unpaired) electrons. The van der Waals surface area contributed by atoms with Crippen LogP contribution in [0.25, 0.3) is 11.1 Å². The van der Waals surface area contributed by atoms with Crippen LogP contribution >= 0.6 is 15.9 Å². The van der Waals surface area contributed by atoms with Gasteiger partial charge in [0.1, 0.15) is 18.1 Å². The van der Waals surface area contributed by atoms with Gasteiger partial charge in [0.2, 0.25) is 0 Å². The van der Waals surface area contributed by atoms with Gasteiger partial charge in [-0.1, -0.05) is 24.3 Å². The average molecular weight is 308 g/mol. The second-order valence-electron chi connectivity index (χ2n) is 3.80. The molecule has 94 valence electrons. The first-order valence-corrected chi connectivity index (χ1v) is 6.42. The minimum Gasteiger partial charge on any atom is -0.507 e. The van der Waals surface area contributed by atoms with Crippen LogP contribution in [-0.4, -0.2) is 18.3 Å². The van der Waals surface area contributed by atoms with Crippen molar-refractivity contribution in [3.05, 3.63) is 46.9 Å². The molecule has 2 aromatic rings. The van der Waals surface area contributed by atoms with Crippen molar-refractivity contribution < 1.29 is 9.84 Å². The molecule has 3 N–H and O–H groups in total. The number of halogens is 1. The Morgan fingerprint density at radius 3 is 2.67 bits per heavy atom. The molecule has 0 saturated carbocycles. The maximum absolute atomic E-state index is 9.83. The summed E-state index contributed by atoms with van der Waals surface area (Å²) >= 11 is 3.42. The van der Waals surface area contributed by atoms with Gasteiger partial charge in [0.05, 0.1) is 4.47 Å². The Bertz CT molecular complexity index is 543. The fourth-order valence-electron chi connectivity index (χ4n) is 1.67. The van der Waals surface area contributed by atoms with Gasteiger partial charge in [0.25, 0.3) is 0 Å². The molecule has 18 heavy (non-hydrogen) atoms. The van der Waals surface area contributed by atoms with Crippen molar-refractivity contribution in [2.75, 3.05) is 13.2 Å². The van der Waals surface area contributed by atoms with Gasteiger partial charge in [0.15, 0.2) is 0 Å². The summed E-state index contributed by atoms with van der Waals surface area (Å²) in [5.74, 6) is 0.978. The van der Waals surface area contributed by atoms with E-state index in [1.165, 1.54) is 0 Å². The predicted octanol–water partition coefficient (Wildman–Crippen LogP) is 3.16. The molecule has 4 heteroatoms. The van der Waals surface area contributed by atoms with Gasteiger partial charge in [-0.25, -0.2) is 0 Å². The molecule has 0 heterocycles. The zero-order valence-corrected chi connectivity index (χ0v) is 11.4. The standard InChI is InChI=1S/C14H14BrNO2/c15-12-6-5-10(9-14(12)18-8-7-16)11-3-1-2-4-13(11)17/h1-6,9,17H,7-8,16H2. The van der Waals surface area contributed by atoms with Crippen molar-refractivity contribution >= 4 is 15.9 Å². The van der Waals surface area contributed by atoms with Gasteiger partial charge in [-0.2, -0.15) is 0 Å². The SMILES string of the molecule is NCCOc1cc(-c2ccccc2O)ccc1Br. The molecule has 0 aliphatic rings. The molecule has 0 unspecified atom stereocenters. The average Bonchev–Trinajstić information content (AvgIpc) is 2.39. The van der Waals surface area contributed by atoms with E-state index >= 15 is 0 Å². The van der Waals surface area contributed by atoms with Gasteiger partial charge in [-0.15, -0.1) is 0 Å². The molecule has 3 nitrogen and oxygen atoms in total. The summed E-state index contributed by atoms with van der Waals surface area (Å²) in [6.07, 6.45) is 0. The van der Waals surface area contributed by atoms with Crippen molar-refractivity contribution in [1.29, 1.82) is 0 Å². The Morgan fingerprint density at radius 2 is 1.94 bits per heavy atom. The highest BCUT2D eigenvalue weighted by Gasteiger charge is 2.07. The fraction of sp³-hybridized carbons (Fsp3) is 0.143. The van der Waals surface area contributed by atoms with Gasteiger partial charge < -0.3 is 15.6 Å². The molecule has 2 rings (SSSR count).